The summed E-state index contributed by atoms with van der Waals surface area (Å²) in [5, 5.41) is 0.983. The van der Waals surface area contributed by atoms with Crippen LogP contribution in [-0.4, -0.2) is 20.7 Å². The molecule has 0 amide bonds. The maximum Gasteiger partial charge on any atom is 0.166 e. The second kappa shape index (κ2) is 5.45. The molecule has 0 aliphatic rings. The molecule has 96 valence electrons. The van der Waals surface area contributed by atoms with Crippen LogP contribution in [0.1, 0.15) is 11.3 Å². The van der Waals surface area contributed by atoms with Crippen molar-refractivity contribution in [1.82, 2.24) is 15.0 Å². The van der Waals surface area contributed by atoms with E-state index in [2.05, 4.69) is 46.1 Å². The minimum Gasteiger partial charge on any atom is -0.333 e. The number of hydrogen-bond donors (Lipinski definition) is 1. The zero-order valence-corrected chi connectivity index (χ0v) is 11.6. The summed E-state index contributed by atoms with van der Waals surface area (Å²) in [6.07, 6.45) is 2.80. The average Bonchev–Trinajstić information content (AvgIpc) is 2.82. The molecule has 2 aromatic heterocycles. The van der Waals surface area contributed by atoms with Gasteiger partial charge >= 0.3 is 0 Å². The molecule has 0 atom stereocenters. The van der Waals surface area contributed by atoms with Gasteiger partial charge in [-0.15, -0.1) is 0 Å². The van der Waals surface area contributed by atoms with Crippen molar-refractivity contribution in [1.29, 1.82) is 0 Å². The van der Waals surface area contributed by atoms with Crippen molar-refractivity contribution >= 4 is 22.8 Å². The number of pyridine rings is 1. The molecule has 3 rings (SSSR count). The van der Waals surface area contributed by atoms with E-state index in [0.717, 1.165) is 34.1 Å². The molecular weight excluding hydrogens is 254 g/mol. The summed E-state index contributed by atoms with van der Waals surface area (Å²) in [6.45, 7) is 2.09. The van der Waals surface area contributed by atoms with Crippen LogP contribution in [0.25, 0.3) is 11.0 Å². The maximum absolute atomic E-state index is 4.57. The van der Waals surface area contributed by atoms with E-state index in [-0.39, 0.29) is 0 Å². The number of imidazole rings is 1. The van der Waals surface area contributed by atoms with E-state index >= 15 is 0 Å². The molecule has 0 unspecified atom stereocenters. The molecule has 3 nitrogen and oxygen atoms in total. The Morgan fingerprint density at radius 3 is 3.00 bits per heavy atom. The molecule has 0 bridgehead atoms. The molecule has 0 aliphatic heterocycles. The first-order valence-electron chi connectivity index (χ1n) is 6.30. The Kier molecular flexibility index (Phi) is 3.51. The van der Waals surface area contributed by atoms with Gasteiger partial charge in [0.2, 0.25) is 0 Å². The lowest BCUT2D eigenvalue weighted by atomic mass is 10.2. The molecule has 0 fully saturated rings. The van der Waals surface area contributed by atoms with Gasteiger partial charge in [-0.3, -0.25) is 4.98 Å². The first-order valence-corrected chi connectivity index (χ1v) is 7.29. The normalized spacial score (nSPS) is 11.0. The Balaban J connectivity index is 1.65. The smallest absolute Gasteiger partial charge is 0.166 e. The number of fused-ring (bicyclic) bond motifs is 1. The molecule has 0 aliphatic carbocycles. The molecule has 2 heterocycles. The molecule has 0 radical (unpaired) electrons. The average molecular weight is 269 g/mol. The van der Waals surface area contributed by atoms with Crippen LogP contribution in [0.4, 0.5) is 0 Å². The van der Waals surface area contributed by atoms with Gasteiger partial charge in [-0.2, -0.15) is 0 Å². The third-order valence-corrected chi connectivity index (χ3v) is 3.81. The number of rotatable bonds is 4. The van der Waals surface area contributed by atoms with Gasteiger partial charge < -0.3 is 4.98 Å². The number of H-pyrrole nitrogens is 1. The largest absolute Gasteiger partial charge is 0.333 e. The summed E-state index contributed by atoms with van der Waals surface area (Å²) < 4.78 is 0. The van der Waals surface area contributed by atoms with E-state index in [1.165, 1.54) is 5.56 Å². The van der Waals surface area contributed by atoms with Crippen LogP contribution in [0.5, 0.6) is 0 Å². The Labute approximate surface area is 116 Å². The fourth-order valence-corrected chi connectivity index (χ4v) is 2.82. The number of nitrogens with zero attached hydrogens (tertiary/aromatic N) is 2. The summed E-state index contributed by atoms with van der Waals surface area (Å²) in [6, 6.07) is 12.3. The van der Waals surface area contributed by atoms with Gasteiger partial charge in [0.15, 0.2) is 5.16 Å². The first-order chi connectivity index (χ1) is 9.31. The van der Waals surface area contributed by atoms with E-state index in [9.17, 15) is 0 Å². The van der Waals surface area contributed by atoms with E-state index in [4.69, 9.17) is 0 Å². The quantitative estimate of drug-likeness (QED) is 0.736. The number of aromatic nitrogens is 3. The molecular formula is C15H15N3S. The number of aromatic amines is 1. The van der Waals surface area contributed by atoms with Crippen molar-refractivity contribution in [3.8, 4) is 0 Å². The molecule has 19 heavy (non-hydrogen) atoms. The van der Waals surface area contributed by atoms with Crippen LogP contribution >= 0.6 is 11.8 Å². The molecule has 0 saturated carbocycles. The summed E-state index contributed by atoms with van der Waals surface area (Å²) in [7, 11) is 0. The van der Waals surface area contributed by atoms with Gasteiger partial charge in [0.1, 0.15) is 0 Å². The molecule has 3 aromatic rings. The number of nitrogens with one attached hydrogen (secondary N) is 1. The second-order valence-corrected chi connectivity index (χ2v) is 5.57. The minimum atomic E-state index is 0.960. The summed E-state index contributed by atoms with van der Waals surface area (Å²) in [5.41, 5.74) is 4.52. The predicted molar refractivity (Wildman–Crippen MR) is 79.5 cm³/mol. The van der Waals surface area contributed by atoms with Crippen molar-refractivity contribution in [3.05, 3.63) is 53.9 Å². The van der Waals surface area contributed by atoms with E-state index < -0.39 is 0 Å². The van der Waals surface area contributed by atoms with Crippen LogP contribution in [0, 0.1) is 6.92 Å². The lowest BCUT2D eigenvalue weighted by Gasteiger charge is -1.98. The van der Waals surface area contributed by atoms with Gasteiger partial charge in [0, 0.05) is 17.6 Å². The predicted octanol–water partition coefficient (Wildman–Crippen LogP) is 3.60. The van der Waals surface area contributed by atoms with Crippen LogP contribution in [0.15, 0.2) is 47.8 Å². The second-order valence-electron chi connectivity index (χ2n) is 4.48. The highest BCUT2D eigenvalue weighted by molar-refractivity contribution is 7.99. The fourth-order valence-electron chi connectivity index (χ4n) is 1.97. The van der Waals surface area contributed by atoms with Crippen LogP contribution in [0.3, 0.4) is 0 Å². The standard InChI is InChI=1S/C15H15N3S/c1-11-5-6-13-14(10-11)18-15(17-13)19-9-7-12-4-2-3-8-16-12/h2-6,8,10H,7,9H2,1H3,(H,17,18). The van der Waals surface area contributed by atoms with Crippen LogP contribution in [-0.2, 0) is 6.42 Å². The number of thioether (sulfide) groups is 1. The van der Waals surface area contributed by atoms with Gasteiger partial charge in [-0.25, -0.2) is 4.98 Å². The number of benzene rings is 1. The van der Waals surface area contributed by atoms with Crippen molar-refractivity contribution < 1.29 is 0 Å². The molecule has 4 heteroatoms. The summed E-state index contributed by atoms with van der Waals surface area (Å²) in [5.74, 6) is 0.982. The van der Waals surface area contributed by atoms with E-state index in [0.29, 0.717) is 0 Å². The third-order valence-electron chi connectivity index (χ3n) is 2.94. The topological polar surface area (TPSA) is 41.6 Å². The lowest BCUT2D eigenvalue weighted by Crippen LogP contribution is -1.91. The Hall–Kier alpha value is -1.81. The summed E-state index contributed by atoms with van der Waals surface area (Å²) >= 11 is 1.74. The van der Waals surface area contributed by atoms with Gasteiger partial charge in [-0.1, -0.05) is 23.9 Å². The highest BCUT2D eigenvalue weighted by Crippen LogP contribution is 2.20. The van der Waals surface area contributed by atoms with Crippen molar-refractivity contribution in [3.63, 3.8) is 0 Å². The van der Waals surface area contributed by atoms with Gasteiger partial charge in [0.25, 0.3) is 0 Å². The van der Waals surface area contributed by atoms with Crippen molar-refractivity contribution in [2.45, 2.75) is 18.5 Å². The minimum absolute atomic E-state index is 0.960. The summed E-state index contributed by atoms with van der Waals surface area (Å²) in [4.78, 5) is 12.2. The SMILES string of the molecule is Cc1ccc2nc(SCCc3ccccn3)[nH]c2c1. The molecule has 1 aromatic carbocycles. The molecule has 0 spiro atoms. The highest BCUT2D eigenvalue weighted by atomic mass is 32.2. The fraction of sp³-hybridized carbons (Fsp3) is 0.200. The van der Waals surface area contributed by atoms with Crippen LogP contribution < -0.4 is 0 Å². The third kappa shape index (κ3) is 2.96. The van der Waals surface area contributed by atoms with E-state index in [1.807, 2.05) is 18.3 Å². The van der Waals surface area contributed by atoms with Crippen molar-refractivity contribution in [2.75, 3.05) is 5.75 Å². The number of hydrogen-bond acceptors (Lipinski definition) is 3. The monoisotopic (exact) mass is 269 g/mol. The zero-order chi connectivity index (χ0) is 13.1. The highest BCUT2D eigenvalue weighted by Gasteiger charge is 2.03. The lowest BCUT2D eigenvalue weighted by molar-refractivity contribution is 1.03. The van der Waals surface area contributed by atoms with Gasteiger partial charge in [0.05, 0.1) is 11.0 Å². The van der Waals surface area contributed by atoms with Crippen molar-refractivity contribution in [2.24, 2.45) is 0 Å². The Bertz CT molecular complexity index is 676. The van der Waals surface area contributed by atoms with Gasteiger partial charge in [-0.05, 0) is 43.2 Å². The Morgan fingerprint density at radius 1 is 1.21 bits per heavy atom. The van der Waals surface area contributed by atoms with Crippen LogP contribution in [0.2, 0.25) is 0 Å². The first kappa shape index (κ1) is 12.2. The maximum atomic E-state index is 4.57. The number of aryl methyl sites for hydroxylation is 2. The zero-order valence-electron chi connectivity index (χ0n) is 10.8. The Morgan fingerprint density at radius 2 is 2.16 bits per heavy atom. The molecule has 1 N–H and O–H groups in total. The molecule has 0 saturated heterocycles. The van der Waals surface area contributed by atoms with E-state index in [1.54, 1.807) is 11.8 Å².